The van der Waals surface area contributed by atoms with Gasteiger partial charge in [0.05, 0.1) is 12.7 Å². The van der Waals surface area contributed by atoms with Crippen LogP contribution in [-0.2, 0) is 14.3 Å². The zero-order chi connectivity index (χ0) is 8.81. The molecule has 0 atom stereocenters. The molecule has 0 heterocycles. The monoisotopic (exact) mass is 171 g/mol. The van der Waals surface area contributed by atoms with E-state index in [2.05, 4.69) is 4.74 Å². The number of carbonyl (C=O) groups excluding carboxylic acids is 1. The molecule has 3 nitrogen and oxygen atoms in total. The topological polar surface area (TPSA) is 35.5 Å². The third-order valence-corrected chi connectivity index (χ3v) is 2.51. The molecule has 0 aromatic carbocycles. The Morgan fingerprint density at radius 2 is 2.00 bits per heavy atom. The highest BCUT2D eigenvalue weighted by atomic mass is 16.5. The van der Waals surface area contributed by atoms with Gasteiger partial charge in [-0.1, -0.05) is 0 Å². The minimum atomic E-state index is 0.418. The number of rotatable bonds is 4. The Labute approximate surface area is 73.0 Å². The van der Waals surface area contributed by atoms with Crippen molar-refractivity contribution < 1.29 is 14.3 Å². The van der Waals surface area contributed by atoms with Crippen LogP contribution in [0.2, 0.25) is 0 Å². The van der Waals surface area contributed by atoms with Crippen molar-refractivity contribution in [1.29, 1.82) is 0 Å². The largest absolute Gasteiger partial charge is 0.457 e. The van der Waals surface area contributed by atoms with Crippen molar-refractivity contribution in [3.8, 4) is 0 Å². The summed E-state index contributed by atoms with van der Waals surface area (Å²) in [6.07, 6.45) is 4.79. The zero-order valence-electron chi connectivity index (χ0n) is 7.41. The number of hydrogen-bond acceptors (Lipinski definition) is 3. The van der Waals surface area contributed by atoms with Crippen LogP contribution in [0.4, 0.5) is 0 Å². The molecule has 69 valence electrons. The van der Waals surface area contributed by atoms with Crippen LogP contribution in [-0.4, -0.2) is 26.3 Å². The summed E-state index contributed by atoms with van der Waals surface area (Å²) in [5.41, 5.74) is 0. The van der Waals surface area contributed by atoms with Crippen LogP contribution in [0, 0.1) is 5.92 Å². The maximum atomic E-state index is 9.80. The fourth-order valence-electron chi connectivity index (χ4n) is 1.69. The van der Waals surface area contributed by atoms with Crippen LogP contribution in [0.3, 0.4) is 0 Å². The number of methoxy groups -OCH3 is 1. The standard InChI is InChI=1S/C9H15O3/c1-11-9-4-2-8(3-5-9)6-12-7-10/h8-9H,2-6H2,1H3. The van der Waals surface area contributed by atoms with Crippen LogP contribution in [0.1, 0.15) is 25.7 Å². The van der Waals surface area contributed by atoms with Gasteiger partial charge in [0.2, 0.25) is 0 Å². The Kier molecular flexibility index (Phi) is 4.08. The van der Waals surface area contributed by atoms with Gasteiger partial charge in [-0.15, -0.1) is 0 Å². The van der Waals surface area contributed by atoms with E-state index in [1.807, 2.05) is 0 Å². The Morgan fingerprint density at radius 1 is 1.33 bits per heavy atom. The molecule has 1 rings (SSSR count). The molecular formula is C9H15O3. The normalized spacial score (nSPS) is 29.8. The molecule has 0 aliphatic heterocycles. The molecule has 0 spiro atoms. The molecule has 3 heteroatoms. The fraction of sp³-hybridized carbons (Fsp3) is 0.889. The van der Waals surface area contributed by atoms with E-state index >= 15 is 0 Å². The van der Waals surface area contributed by atoms with Crippen molar-refractivity contribution in [1.82, 2.24) is 0 Å². The molecule has 1 fully saturated rings. The third-order valence-electron chi connectivity index (χ3n) is 2.51. The van der Waals surface area contributed by atoms with Crippen molar-refractivity contribution in [3.63, 3.8) is 0 Å². The first kappa shape index (κ1) is 9.52. The summed E-state index contributed by atoms with van der Waals surface area (Å²) in [5.74, 6) is 0.526. The number of ether oxygens (including phenoxy) is 2. The van der Waals surface area contributed by atoms with Crippen molar-refractivity contribution in [2.24, 2.45) is 5.92 Å². The molecule has 1 aliphatic rings. The summed E-state index contributed by atoms with van der Waals surface area (Å²) in [6, 6.07) is 0. The van der Waals surface area contributed by atoms with Crippen molar-refractivity contribution in [2.45, 2.75) is 31.8 Å². The first-order valence-electron chi connectivity index (χ1n) is 4.38. The van der Waals surface area contributed by atoms with E-state index in [0.717, 1.165) is 25.7 Å². The SMILES string of the molecule is COC1CCC(CO[C]=O)CC1. The lowest BCUT2D eigenvalue weighted by atomic mass is 9.88. The quantitative estimate of drug-likeness (QED) is 0.639. The molecule has 0 N–H and O–H groups in total. The van der Waals surface area contributed by atoms with Crippen LogP contribution in [0.25, 0.3) is 0 Å². The van der Waals surface area contributed by atoms with Gasteiger partial charge in [-0.3, -0.25) is 0 Å². The molecule has 0 unspecified atom stereocenters. The van der Waals surface area contributed by atoms with E-state index < -0.39 is 0 Å². The van der Waals surface area contributed by atoms with Gasteiger partial charge in [0.1, 0.15) is 0 Å². The summed E-state index contributed by atoms with van der Waals surface area (Å²) < 4.78 is 9.82. The fourth-order valence-corrected chi connectivity index (χ4v) is 1.69. The van der Waals surface area contributed by atoms with E-state index in [0.29, 0.717) is 18.6 Å². The molecule has 0 saturated heterocycles. The summed E-state index contributed by atoms with van der Waals surface area (Å²) in [5, 5.41) is 0. The molecule has 0 amide bonds. The molecular weight excluding hydrogens is 156 g/mol. The smallest absolute Gasteiger partial charge is 0.417 e. The molecule has 12 heavy (non-hydrogen) atoms. The highest BCUT2D eigenvalue weighted by molar-refractivity contribution is 5.38. The molecule has 1 aliphatic carbocycles. The molecule has 0 aromatic rings. The first-order chi connectivity index (χ1) is 5.86. The van der Waals surface area contributed by atoms with E-state index in [1.54, 1.807) is 7.11 Å². The lowest BCUT2D eigenvalue weighted by Crippen LogP contribution is -2.22. The summed E-state index contributed by atoms with van der Waals surface area (Å²) in [6.45, 7) is 1.99. The van der Waals surface area contributed by atoms with Crippen molar-refractivity contribution in [3.05, 3.63) is 0 Å². The minimum absolute atomic E-state index is 0.418. The van der Waals surface area contributed by atoms with Gasteiger partial charge in [0.25, 0.3) is 0 Å². The number of hydrogen-bond donors (Lipinski definition) is 0. The van der Waals surface area contributed by atoms with E-state index in [9.17, 15) is 4.79 Å². The Balaban J connectivity index is 2.12. The Hall–Kier alpha value is -0.570. The van der Waals surface area contributed by atoms with Crippen LogP contribution >= 0.6 is 0 Å². The van der Waals surface area contributed by atoms with Gasteiger partial charge in [0.15, 0.2) is 0 Å². The molecule has 1 saturated carbocycles. The predicted octanol–water partition coefficient (Wildman–Crippen LogP) is 1.28. The minimum Gasteiger partial charge on any atom is -0.457 e. The average Bonchev–Trinajstić information content (AvgIpc) is 2.15. The van der Waals surface area contributed by atoms with Gasteiger partial charge in [-0.25, -0.2) is 4.79 Å². The highest BCUT2D eigenvalue weighted by Crippen LogP contribution is 2.25. The van der Waals surface area contributed by atoms with Gasteiger partial charge >= 0.3 is 6.47 Å². The second-order valence-electron chi connectivity index (χ2n) is 3.27. The van der Waals surface area contributed by atoms with Gasteiger partial charge in [-0.05, 0) is 31.6 Å². The zero-order valence-corrected chi connectivity index (χ0v) is 7.41. The van der Waals surface area contributed by atoms with E-state index in [1.165, 1.54) is 6.47 Å². The average molecular weight is 171 g/mol. The van der Waals surface area contributed by atoms with E-state index in [4.69, 9.17) is 4.74 Å². The molecule has 1 radical (unpaired) electrons. The van der Waals surface area contributed by atoms with E-state index in [-0.39, 0.29) is 0 Å². The van der Waals surface area contributed by atoms with Crippen molar-refractivity contribution >= 4 is 6.47 Å². The molecule has 0 aromatic heterocycles. The lowest BCUT2D eigenvalue weighted by molar-refractivity contribution is 0.0467. The van der Waals surface area contributed by atoms with Crippen LogP contribution in [0.15, 0.2) is 0 Å². The Morgan fingerprint density at radius 3 is 2.50 bits per heavy atom. The summed E-state index contributed by atoms with van der Waals surface area (Å²) in [7, 11) is 1.75. The Bertz CT molecular complexity index is 128. The van der Waals surface area contributed by atoms with Gasteiger partial charge in [-0.2, -0.15) is 0 Å². The maximum Gasteiger partial charge on any atom is 0.417 e. The van der Waals surface area contributed by atoms with Gasteiger partial charge in [0, 0.05) is 7.11 Å². The summed E-state index contributed by atoms with van der Waals surface area (Å²) in [4.78, 5) is 9.80. The molecule has 0 bridgehead atoms. The second kappa shape index (κ2) is 5.14. The van der Waals surface area contributed by atoms with Crippen LogP contribution in [0.5, 0.6) is 0 Å². The lowest BCUT2D eigenvalue weighted by Gasteiger charge is -2.26. The third kappa shape index (κ3) is 2.81. The van der Waals surface area contributed by atoms with Crippen LogP contribution < -0.4 is 0 Å². The second-order valence-corrected chi connectivity index (χ2v) is 3.27. The summed E-state index contributed by atoms with van der Waals surface area (Å²) >= 11 is 0. The maximum absolute atomic E-state index is 9.80. The van der Waals surface area contributed by atoms with Gasteiger partial charge < -0.3 is 9.47 Å². The first-order valence-corrected chi connectivity index (χ1v) is 4.38. The highest BCUT2D eigenvalue weighted by Gasteiger charge is 2.20. The predicted molar refractivity (Wildman–Crippen MR) is 44.4 cm³/mol. The van der Waals surface area contributed by atoms with Crippen molar-refractivity contribution in [2.75, 3.05) is 13.7 Å².